The van der Waals surface area contributed by atoms with Gasteiger partial charge in [0.2, 0.25) is 5.91 Å². The second-order valence-electron chi connectivity index (χ2n) is 4.44. The number of carbonyl (C=O) groups excluding carboxylic acids is 2. The van der Waals surface area contributed by atoms with E-state index >= 15 is 0 Å². The van der Waals surface area contributed by atoms with Gasteiger partial charge < -0.3 is 20.7 Å². The first-order valence-electron chi connectivity index (χ1n) is 6.69. The molecule has 2 rings (SSSR count). The number of morpholine rings is 1. The molecule has 118 valence electrons. The summed E-state index contributed by atoms with van der Waals surface area (Å²) in [6, 6.07) is 3.63. The standard InChI is InChI=1S/C13H19N3O3S.ClH/c17-12(10-9-14-6-7-19-10)15-4-2-5-16-13(18)11-3-1-8-20-11;/h1,3,8,10,14H,2,4-7,9H2,(H,15,17)(H,16,18);1H. The topological polar surface area (TPSA) is 79.5 Å². The van der Waals surface area contributed by atoms with Crippen molar-refractivity contribution in [1.29, 1.82) is 0 Å². The molecule has 0 radical (unpaired) electrons. The maximum Gasteiger partial charge on any atom is 0.261 e. The van der Waals surface area contributed by atoms with E-state index < -0.39 is 6.10 Å². The molecule has 8 heteroatoms. The zero-order valence-corrected chi connectivity index (χ0v) is 13.2. The summed E-state index contributed by atoms with van der Waals surface area (Å²) in [5.41, 5.74) is 0. The SMILES string of the molecule is Cl.O=C(NCCCNC(=O)C1CNCCO1)c1cccs1. The van der Waals surface area contributed by atoms with Gasteiger partial charge in [0, 0.05) is 26.2 Å². The summed E-state index contributed by atoms with van der Waals surface area (Å²) in [6.07, 6.45) is 0.299. The van der Waals surface area contributed by atoms with E-state index in [9.17, 15) is 9.59 Å². The largest absolute Gasteiger partial charge is 0.366 e. The van der Waals surface area contributed by atoms with E-state index in [4.69, 9.17) is 4.74 Å². The number of nitrogens with one attached hydrogen (secondary N) is 3. The Morgan fingerprint density at radius 2 is 2.19 bits per heavy atom. The van der Waals surface area contributed by atoms with Crippen molar-refractivity contribution >= 4 is 35.6 Å². The minimum Gasteiger partial charge on any atom is -0.366 e. The van der Waals surface area contributed by atoms with Crippen LogP contribution < -0.4 is 16.0 Å². The molecule has 1 aliphatic heterocycles. The van der Waals surface area contributed by atoms with Crippen LogP contribution in [0.3, 0.4) is 0 Å². The number of hydrogen-bond acceptors (Lipinski definition) is 5. The molecule has 1 aromatic rings. The first-order valence-corrected chi connectivity index (χ1v) is 7.57. The number of hydrogen-bond donors (Lipinski definition) is 3. The van der Waals surface area contributed by atoms with Gasteiger partial charge in [0.15, 0.2) is 0 Å². The summed E-state index contributed by atoms with van der Waals surface area (Å²) >= 11 is 1.41. The molecule has 0 spiro atoms. The molecular formula is C13H20ClN3O3S. The average molecular weight is 334 g/mol. The predicted molar refractivity (Wildman–Crippen MR) is 84.1 cm³/mol. The molecule has 0 aliphatic carbocycles. The van der Waals surface area contributed by atoms with Crippen LogP contribution in [0.15, 0.2) is 17.5 Å². The van der Waals surface area contributed by atoms with Crippen molar-refractivity contribution < 1.29 is 14.3 Å². The van der Waals surface area contributed by atoms with Gasteiger partial charge in [-0.25, -0.2) is 0 Å². The van der Waals surface area contributed by atoms with Crippen LogP contribution in [0, 0.1) is 0 Å². The Balaban J connectivity index is 0.00000220. The highest BCUT2D eigenvalue weighted by atomic mass is 35.5. The Kier molecular flexibility index (Phi) is 8.29. The molecule has 1 aromatic heterocycles. The highest BCUT2D eigenvalue weighted by Crippen LogP contribution is 2.07. The van der Waals surface area contributed by atoms with Crippen molar-refractivity contribution in [3.63, 3.8) is 0 Å². The quantitative estimate of drug-likeness (QED) is 0.658. The lowest BCUT2D eigenvalue weighted by molar-refractivity contribution is -0.134. The summed E-state index contributed by atoms with van der Waals surface area (Å²) in [6.45, 7) is 2.98. The fourth-order valence-electron chi connectivity index (χ4n) is 1.84. The molecule has 21 heavy (non-hydrogen) atoms. The first-order chi connectivity index (χ1) is 9.77. The molecule has 1 unspecified atom stereocenters. The summed E-state index contributed by atoms with van der Waals surface area (Å²) < 4.78 is 5.34. The van der Waals surface area contributed by atoms with Crippen molar-refractivity contribution in [2.45, 2.75) is 12.5 Å². The fraction of sp³-hybridized carbons (Fsp3) is 0.538. The van der Waals surface area contributed by atoms with Gasteiger partial charge in [0.05, 0.1) is 11.5 Å². The van der Waals surface area contributed by atoms with E-state index in [1.807, 2.05) is 11.4 Å². The lowest BCUT2D eigenvalue weighted by Gasteiger charge is -2.22. The van der Waals surface area contributed by atoms with Crippen molar-refractivity contribution in [2.24, 2.45) is 0 Å². The Labute approximate surface area is 134 Å². The number of carbonyl (C=O) groups is 2. The molecule has 0 aromatic carbocycles. The van der Waals surface area contributed by atoms with Crippen LogP contribution >= 0.6 is 23.7 Å². The third kappa shape index (κ3) is 6.01. The van der Waals surface area contributed by atoms with E-state index in [0.29, 0.717) is 37.5 Å². The van der Waals surface area contributed by atoms with Crippen molar-refractivity contribution in [2.75, 3.05) is 32.8 Å². The summed E-state index contributed by atoms with van der Waals surface area (Å²) in [7, 11) is 0. The predicted octanol–water partition coefficient (Wildman–Crippen LogP) is 0.394. The summed E-state index contributed by atoms with van der Waals surface area (Å²) in [5.74, 6) is -0.159. The third-order valence-electron chi connectivity index (χ3n) is 2.90. The van der Waals surface area contributed by atoms with Crippen LogP contribution in [0.1, 0.15) is 16.1 Å². The zero-order valence-electron chi connectivity index (χ0n) is 11.6. The van der Waals surface area contributed by atoms with Crippen LogP contribution in [0.2, 0.25) is 0 Å². The maximum absolute atomic E-state index is 11.7. The lowest BCUT2D eigenvalue weighted by Crippen LogP contribution is -2.48. The zero-order chi connectivity index (χ0) is 14.2. The molecule has 1 fully saturated rings. The second-order valence-corrected chi connectivity index (χ2v) is 5.39. The Morgan fingerprint density at radius 1 is 1.38 bits per heavy atom. The minimum atomic E-state index is -0.399. The molecule has 1 atom stereocenters. The number of ether oxygens (including phenoxy) is 1. The van der Waals surface area contributed by atoms with Gasteiger partial charge in [-0.2, -0.15) is 0 Å². The average Bonchev–Trinajstić information content (AvgIpc) is 3.01. The fourth-order valence-corrected chi connectivity index (χ4v) is 2.48. The van der Waals surface area contributed by atoms with Crippen LogP contribution in [0.4, 0.5) is 0 Å². The molecule has 1 saturated heterocycles. The van der Waals surface area contributed by atoms with Gasteiger partial charge in [-0.1, -0.05) is 6.07 Å². The smallest absolute Gasteiger partial charge is 0.261 e. The van der Waals surface area contributed by atoms with Gasteiger partial charge in [0.25, 0.3) is 5.91 Å². The number of thiophene rings is 1. The molecule has 2 heterocycles. The van der Waals surface area contributed by atoms with Crippen molar-refractivity contribution in [1.82, 2.24) is 16.0 Å². The van der Waals surface area contributed by atoms with E-state index in [-0.39, 0.29) is 24.2 Å². The number of amides is 2. The maximum atomic E-state index is 11.7. The third-order valence-corrected chi connectivity index (χ3v) is 3.77. The number of halogens is 1. The highest BCUT2D eigenvalue weighted by Gasteiger charge is 2.20. The van der Waals surface area contributed by atoms with Crippen molar-refractivity contribution in [3.8, 4) is 0 Å². The van der Waals surface area contributed by atoms with Crippen LogP contribution in [0.5, 0.6) is 0 Å². The van der Waals surface area contributed by atoms with E-state index in [0.717, 1.165) is 6.54 Å². The molecule has 1 aliphatic rings. The molecule has 6 nitrogen and oxygen atoms in total. The van der Waals surface area contributed by atoms with Gasteiger partial charge >= 0.3 is 0 Å². The first kappa shape index (κ1) is 17.9. The second kappa shape index (κ2) is 9.73. The van der Waals surface area contributed by atoms with E-state index in [1.165, 1.54) is 11.3 Å². The molecule has 2 amide bonds. The van der Waals surface area contributed by atoms with Crippen LogP contribution in [0.25, 0.3) is 0 Å². The highest BCUT2D eigenvalue weighted by molar-refractivity contribution is 7.12. The van der Waals surface area contributed by atoms with E-state index in [1.54, 1.807) is 6.07 Å². The summed E-state index contributed by atoms with van der Waals surface area (Å²) in [5, 5.41) is 10.6. The van der Waals surface area contributed by atoms with Crippen molar-refractivity contribution in [3.05, 3.63) is 22.4 Å². The van der Waals surface area contributed by atoms with Gasteiger partial charge in [-0.15, -0.1) is 23.7 Å². The normalized spacial score (nSPS) is 17.6. The van der Waals surface area contributed by atoms with Crippen LogP contribution in [-0.2, 0) is 9.53 Å². The Hall–Kier alpha value is -1.15. The van der Waals surface area contributed by atoms with Gasteiger partial charge in [-0.3, -0.25) is 9.59 Å². The molecular weight excluding hydrogens is 314 g/mol. The van der Waals surface area contributed by atoms with Gasteiger partial charge in [0.1, 0.15) is 6.10 Å². The lowest BCUT2D eigenvalue weighted by atomic mass is 10.3. The number of rotatable bonds is 6. The monoisotopic (exact) mass is 333 g/mol. The minimum absolute atomic E-state index is 0. The van der Waals surface area contributed by atoms with E-state index in [2.05, 4.69) is 16.0 Å². The molecule has 0 saturated carbocycles. The Morgan fingerprint density at radius 3 is 2.86 bits per heavy atom. The van der Waals surface area contributed by atoms with Crippen LogP contribution in [-0.4, -0.2) is 50.7 Å². The molecule has 3 N–H and O–H groups in total. The molecule has 0 bridgehead atoms. The summed E-state index contributed by atoms with van der Waals surface area (Å²) in [4.78, 5) is 24.1. The Bertz CT molecular complexity index is 436. The van der Waals surface area contributed by atoms with Gasteiger partial charge in [-0.05, 0) is 17.9 Å².